The Kier molecular flexibility index (Phi) is 6.74. The van der Waals surface area contributed by atoms with Gasteiger partial charge in [-0.1, -0.05) is 44.6 Å². The molecule has 25 heavy (non-hydrogen) atoms. The second kappa shape index (κ2) is 9.01. The predicted molar refractivity (Wildman–Crippen MR) is 102 cm³/mol. The molecule has 0 unspecified atom stereocenters. The fourth-order valence-electron chi connectivity index (χ4n) is 2.95. The van der Waals surface area contributed by atoms with Crippen molar-refractivity contribution in [3.63, 3.8) is 0 Å². The van der Waals surface area contributed by atoms with E-state index in [4.69, 9.17) is 11.5 Å². The van der Waals surface area contributed by atoms with Crippen molar-refractivity contribution in [2.45, 2.75) is 52.4 Å². The van der Waals surface area contributed by atoms with E-state index in [0.29, 0.717) is 5.69 Å². The number of hydrogen-bond acceptors (Lipinski definition) is 5. The van der Waals surface area contributed by atoms with Gasteiger partial charge in [-0.3, -0.25) is 4.79 Å². The molecule has 0 aliphatic heterocycles. The van der Waals surface area contributed by atoms with Gasteiger partial charge in [0.25, 0.3) is 5.91 Å². The molecule has 0 saturated heterocycles. The van der Waals surface area contributed by atoms with Crippen molar-refractivity contribution >= 4 is 23.1 Å². The van der Waals surface area contributed by atoms with Gasteiger partial charge in [-0.25, -0.2) is 0 Å². The molecular formula is C19H27N5O. The number of carbonyl (C=O) groups is 1. The third-order valence-electron chi connectivity index (χ3n) is 4.05. The molecule has 1 aromatic heterocycles. The van der Waals surface area contributed by atoms with Crippen LogP contribution in [0.15, 0.2) is 24.3 Å². The Morgan fingerprint density at radius 2 is 1.44 bits per heavy atom. The number of nitrogens with one attached hydrogen (secondary N) is 1. The van der Waals surface area contributed by atoms with Gasteiger partial charge in [-0.2, -0.15) is 0 Å². The Bertz CT molecular complexity index is 694. The van der Waals surface area contributed by atoms with E-state index >= 15 is 0 Å². The first-order valence-electron chi connectivity index (χ1n) is 8.74. The highest BCUT2D eigenvalue weighted by molar-refractivity contribution is 5.97. The zero-order chi connectivity index (χ0) is 18.2. The first-order valence-corrected chi connectivity index (χ1v) is 8.74. The van der Waals surface area contributed by atoms with Crippen molar-refractivity contribution in [2.75, 3.05) is 11.1 Å². The Labute approximate surface area is 149 Å². The lowest BCUT2D eigenvalue weighted by Crippen LogP contribution is -2.16. The van der Waals surface area contributed by atoms with Crippen molar-refractivity contribution < 1.29 is 4.79 Å². The van der Waals surface area contributed by atoms with E-state index < -0.39 is 5.91 Å². The summed E-state index contributed by atoms with van der Waals surface area (Å²) in [6.07, 6.45) is 9.00. The summed E-state index contributed by atoms with van der Waals surface area (Å²) in [5.74, 6) is -0.434. The van der Waals surface area contributed by atoms with Crippen LogP contribution in [0.25, 0.3) is 0 Å². The van der Waals surface area contributed by atoms with Gasteiger partial charge in [0.15, 0.2) is 5.69 Å². The Morgan fingerprint density at radius 1 is 0.920 bits per heavy atom. The van der Waals surface area contributed by atoms with E-state index in [1.807, 2.05) is 26.0 Å². The SMILES string of the molecule is C1CCCCC1.Cc1cc(C)cc(Nc2cc(N)nnc2C(N)=O)c1. The molecule has 0 radical (unpaired) electrons. The molecule has 0 spiro atoms. The van der Waals surface area contributed by atoms with Crippen LogP contribution in [0.1, 0.15) is 60.1 Å². The normalized spacial score (nSPS) is 13.5. The number of nitrogens with two attached hydrogens (primary N) is 2. The van der Waals surface area contributed by atoms with Crippen molar-refractivity contribution in [3.8, 4) is 0 Å². The summed E-state index contributed by atoms with van der Waals surface area (Å²) < 4.78 is 0. The number of hydrogen-bond donors (Lipinski definition) is 3. The van der Waals surface area contributed by atoms with Gasteiger partial charge >= 0.3 is 0 Å². The van der Waals surface area contributed by atoms with Crippen LogP contribution >= 0.6 is 0 Å². The summed E-state index contributed by atoms with van der Waals surface area (Å²) in [6.45, 7) is 3.98. The molecule has 2 aromatic rings. The van der Waals surface area contributed by atoms with Gasteiger partial charge in [0.2, 0.25) is 0 Å². The fourth-order valence-corrected chi connectivity index (χ4v) is 2.95. The van der Waals surface area contributed by atoms with Gasteiger partial charge < -0.3 is 16.8 Å². The zero-order valence-corrected chi connectivity index (χ0v) is 15.0. The molecule has 1 aliphatic carbocycles. The van der Waals surface area contributed by atoms with Crippen LogP contribution in [-0.4, -0.2) is 16.1 Å². The lowest BCUT2D eigenvalue weighted by Gasteiger charge is -2.11. The van der Waals surface area contributed by atoms with Crippen LogP contribution in [0.3, 0.4) is 0 Å². The highest BCUT2D eigenvalue weighted by Crippen LogP contribution is 2.22. The molecule has 134 valence electrons. The topological polar surface area (TPSA) is 107 Å². The minimum Gasteiger partial charge on any atom is -0.382 e. The molecule has 1 amide bonds. The van der Waals surface area contributed by atoms with Gasteiger partial charge in [-0.05, 0) is 37.1 Å². The summed E-state index contributed by atoms with van der Waals surface area (Å²) >= 11 is 0. The predicted octanol–water partition coefficient (Wildman–Crippen LogP) is 3.86. The van der Waals surface area contributed by atoms with Crippen molar-refractivity contribution in [2.24, 2.45) is 5.73 Å². The number of anilines is 3. The molecule has 1 aromatic carbocycles. The monoisotopic (exact) mass is 341 g/mol. The van der Waals surface area contributed by atoms with Crippen molar-refractivity contribution in [1.82, 2.24) is 10.2 Å². The average molecular weight is 341 g/mol. The quantitative estimate of drug-likeness (QED) is 0.786. The highest BCUT2D eigenvalue weighted by Gasteiger charge is 2.12. The molecule has 3 rings (SSSR count). The number of nitrogen functional groups attached to an aromatic ring is 1. The zero-order valence-electron chi connectivity index (χ0n) is 15.0. The first kappa shape index (κ1) is 18.7. The Morgan fingerprint density at radius 3 is 1.92 bits per heavy atom. The number of carbonyl (C=O) groups excluding carboxylic acids is 1. The van der Waals surface area contributed by atoms with E-state index in [2.05, 4.69) is 21.6 Å². The number of aryl methyl sites for hydroxylation is 2. The Balaban J connectivity index is 0.000000316. The molecular weight excluding hydrogens is 314 g/mol. The highest BCUT2D eigenvalue weighted by atomic mass is 16.1. The number of aromatic nitrogens is 2. The van der Waals surface area contributed by atoms with Crippen LogP contribution in [-0.2, 0) is 0 Å². The number of amides is 1. The van der Waals surface area contributed by atoms with Crippen molar-refractivity contribution in [3.05, 3.63) is 41.1 Å². The molecule has 1 saturated carbocycles. The van der Waals surface area contributed by atoms with Gasteiger partial charge in [0, 0.05) is 11.8 Å². The minimum atomic E-state index is -0.653. The molecule has 0 bridgehead atoms. The molecule has 6 heteroatoms. The van der Waals surface area contributed by atoms with Crippen LogP contribution < -0.4 is 16.8 Å². The van der Waals surface area contributed by atoms with E-state index in [0.717, 1.165) is 16.8 Å². The van der Waals surface area contributed by atoms with E-state index in [1.54, 1.807) is 0 Å². The number of benzene rings is 1. The second-order valence-corrected chi connectivity index (χ2v) is 6.52. The summed E-state index contributed by atoms with van der Waals surface area (Å²) in [4.78, 5) is 11.3. The first-order chi connectivity index (χ1) is 12.0. The summed E-state index contributed by atoms with van der Waals surface area (Å²) in [6, 6.07) is 7.49. The minimum absolute atomic E-state index is 0.0633. The second-order valence-electron chi connectivity index (χ2n) is 6.52. The molecule has 1 heterocycles. The lowest BCUT2D eigenvalue weighted by molar-refractivity contribution is 0.0995. The maximum atomic E-state index is 11.3. The van der Waals surface area contributed by atoms with E-state index in [9.17, 15) is 4.79 Å². The van der Waals surface area contributed by atoms with E-state index in [-0.39, 0.29) is 11.5 Å². The fraction of sp³-hybridized carbons (Fsp3) is 0.421. The van der Waals surface area contributed by atoms with Crippen LogP contribution in [0, 0.1) is 13.8 Å². The maximum absolute atomic E-state index is 11.3. The van der Waals surface area contributed by atoms with Gasteiger partial charge in [0.1, 0.15) is 5.82 Å². The molecule has 1 aliphatic rings. The van der Waals surface area contributed by atoms with Gasteiger partial charge in [-0.15, -0.1) is 10.2 Å². The molecule has 5 N–H and O–H groups in total. The molecule has 6 nitrogen and oxygen atoms in total. The summed E-state index contributed by atoms with van der Waals surface area (Å²) in [5, 5.41) is 10.4. The van der Waals surface area contributed by atoms with E-state index in [1.165, 1.54) is 44.6 Å². The van der Waals surface area contributed by atoms with Crippen LogP contribution in [0.2, 0.25) is 0 Å². The molecule has 1 fully saturated rings. The van der Waals surface area contributed by atoms with Crippen LogP contribution in [0.4, 0.5) is 17.2 Å². The lowest BCUT2D eigenvalue weighted by atomic mass is 10.0. The largest absolute Gasteiger partial charge is 0.382 e. The standard InChI is InChI=1S/C13H15N5O.C6H12/c1-7-3-8(2)5-9(4-7)16-10-6-11(14)17-18-12(10)13(15)19;1-2-4-6-5-3-1/h3-6H,1-2H3,(H2,15,19)(H3,14,16,17);1-6H2. The third kappa shape index (κ3) is 6.06. The smallest absolute Gasteiger partial charge is 0.271 e. The maximum Gasteiger partial charge on any atom is 0.271 e. The molecule has 0 atom stereocenters. The van der Waals surface area contributed by atoms with Gasteiger partial charge in [0.05, 0.1) is 5.69 Å². The van der Waals surface area contributed by atoms with Crippen LogP contribution in [0.5, 0.6) is 0 Å². The Hall–Kier alpha value is -2.63. The third-order valence-corrected chi connectivity index (χ3v) is 4.05. The average Bonchev–Trinajstić information content (AvgIpc) is 2.56. The number of primary amides is 1. The number of nitrogens with zero attached hydrogens (tertiary/aromatic N) is 2. The van der Waals surface area contributed by atoms with Crippen molar-refractivity contribution in [1.29, 1.82) is 0 Å². The summed E-state index contributed by atoms with van der Waals surface area (Å²) in [7, 11) is 0. The number of rotatable bonds is 3. The summed E-state index contributed by atoms with van der Waals surface area (Å²) in [5.41, 5.74) is 14.4.